The number of nitrogens with one attached hydrogen (secondary N) is 1. The molecule has 0 saturated carbocycles. The van der Waals surface area contributed by atoms with E-state index < -0.39 is 0 Å². The number of thioether (sulfide) groups is 1. The maximum Gasteiger partial charge on any atom is 0.161 e. The zero-order valence-electron chi connectivity index (χ0n) is 11.5. The lowest BCUT2D eigenvalue weighted by Gasteiger charge is -2.27. The molecule has 3 nitrogen and oxygen atoms in total. The third-order valence-corrected chi connectivity index (χ3v) is 4.97. The van der Waals surface area contributed by atoms with Gasteiger partial charge in [-0.1, -0.05) is 37.2 Å². The molecule has 104 valence electrons. The highest BCUT2D eigenvalue weighted by Gasteiger charge is 2.23. The number of pyridine rings is 1. The Morgan fingerprint density at radius 1 is 1.30 bits per heavy atom. The summed E-state index contributed by atoms with van der Waals surface area (Å²) in [6, 6.07) is 7.73. The Morgan fingerprint density at radius 2 is 2.15 bits per heavy atom. The van der Waals surface area contributed by atoms with E-state index >= 15 is 0 Å². The average Bonchev–Trinajstić information content (AvgIpc) is 2.44. The van der Waals surface area contributed by atoms with E-state index in [2.05, 4.69) is 29.1 Å². The third-order valence-electron chi connectivity index (χ3n) is 3.21. The number of hydrogen-bond acceptors (Lipinski definition) is 4. The second kappa shape index (κ2) is 5.26. The van der Waals surface area contributed by atoms with E-state index in [1.54, 1.807) is 18.0 Å². The summed E-state index contributed by atoms with van der Waals surface area (Å²) >= 11 is 7.96. The van der Waals surface area contributed by atoms with E-state index in [4.69, 9.17) is 11.6 Å². The molecule has 1 aliphatic heterocycles. The summed E-state index contributed by atoms with van der Waals surface area (Å²) in [5.74, 6) is 1.07. The van der Waals surface area contributed by atoms with Gasteiger partial charge in [-0.05, 0) is 29.7 Å². The van der Waals surface area contributed by atoms with E-state index in [0.717, 1.165) is 39.1 Å². The molecule has 2 heterocycles. The van der Waals surface area contributed by atoms with Gasteiger partial charge >= 0.3 is 0 Å². The van der Waals surface area contributed by atoms with Crippen molar-refractivity contribution >= 4 is 45.1 Å². The highest BCUT2D eigenvalue weighted by Crippen LogP contribution is 2.31. The van der Waals surface area contributed by atoms with Gasteiger partial charge in [0.15, 0.2) is 5.17 Å². The van der Waals surface area contributed by atoms with Crippen molar-refractivity contribution < 1.29 is 0 Å². The maximum absolute atomic E-state index is 6.21. The van der Waals surface area contributed by atoms with Crippen LogP contribution in [0.2, 0.25) is 5.02 Å². The Hall–Kier alpha value is -1.26. The van der Waals surface area contributed by atoms with Gasteiger partial charge in [-0.15, -0.1) is 0 Å². The number of aliphatic imine (C=N–C) groups is 1. The molecule has 0 amide bonds. The fourth-order valence-electron chi connectivity index (χ4n) is 2.07. The number of aromatic nitrogens is 1. The van der Waals surface area contributed by atoms with Crippen LogP contribution in [0.15, 0.2) is 35.5 Å². The minimum absolute atomic E-state index is 0.274. The SMILES string of the molecule is CC1(C)CN=C(Nc2ccc(Cl)c3cccnc23)SC1. The van der Waals surface area contributed by atoms with E-state index in [1.807, 2.05) is 24.3 Å². The van der Waals surface area contributed by atoms with Crippen LogP contribution in [0.3, 0.4) is 0 Å². The molecule has 0 bridgehead atoms. The third kappa shape index (κ3) is 2.76. The van der Waals surface area contributed by atoms with Crippen molar-refractivity contribution in [3.8, 4) is 0 Å². The number of rotatable bonds is 1. The Bertz CT molecular complexity index is 682. The molecule has 1 aliphatic rings. The molecular formula is C15H16ClN3S. The molecule has 5 heteroatoms. The summed E-state index contributed by atoms with van der Waals surface area (Å²) in [5, 5.41) is 6.02. The number of fused-ring (bicyclic) bond motifs is 1. The normalized spacial score (nSPS) is 17.9. The molecule has 1 aromatic heterocycles. The standard InChI is InChI=1S/C15H16ClN3S/c1-15(2)8-18-14(20-9-15)19-12-6-5-11(16)10-4-3-7-17-13(10)12/h3-7H,8-9H2,1-2H3,(H,18,19). The first-order valence-electron chi connectivity index (χ1n) is 6.53. The van der Waals surface area contributed by atoms with Crippen LogP contribution in [0, 0.1) is 5.41 Å². The number of halogens is 1. The number of nitrogens with zero attached hydrogens (tertiary/aromatic N) is 2. The van der Waals surface area contributed by atoms with Crippen LogP contribution in [0.1, 0.15) is 13.8 Å². The molecule has 1 N–H and O–H groups in total. The van der Waals surface area contributed by atoms with E-state index in [9.17, 15) is 0 Å². The van der Waals surface area contributed by atoms with Crippen molar-refractivity contribution in [2.24, 2.45) is 10.4 Å². The van der Waals surface area contributed by atoms with E-state index in [-0.39, 0.29) is 5.41 Å². The van der Waals surface area contributed by atoms with Crippen molar-refractivity contribution in [1.82, 2.24) is 4.98 Å². The topological polar surface area (TPSA) is 37.3 Å². The van der Waals surface area contributed by atoms with Crippen molar-refractivity contribution in [2.45, 2.75) is 13.8 Å². The van der Waals surface area contributed by atoms with Gasteiger partial charge in [0.05, 0.1) is 16.2 Å². The molecule has 0 radical (unpaired) electrons. The second-order valence-electron chi connectivity index (χ2n) is 5.69. The molecule has 2 aromatic rings. The zero-order chi connectivity index (χ0) is 14.2. The lowest BCUT2D eigenvalue weighted by molar-refractivity contribution is 0.438. The lowest BCUT2D eigenvalue weighted by atomic mass is 9.97. The number of hydrogen-bond donors (Lipinski definition) is 1. The van der Waals surface area contributed by atoms with Crippen molar-refractivity contribution in [3.63, 3.8) is 0 Å². The molecular weight excluding hydrogens is 290 g/mol. The van der Waals surface area contributed by atoms with Gasteiger partial charge in [0.1, 0.15) is 0 Å². The van der Waals surface area contributed by atoms with Crippen LogP contribution >= 0.6 is 23.4 Å². The predicted molar refractivity (Wildman–Crippen MR) is 88.9 cm³/mol. The largest absolute Gasteiger partial charge is 0.333 e. The van der Waals surface area contributed by atoms with Crippen LogP contribution in [0.4, 0.5) is 5.69 Å². The van der Waals surface area contributed by atoms with Crippen LogP contribution in [-0.4, -0.2) is 22.4 Å². The monoisotopic (exact) mass is 305 g/mol. The highest BCUT2D eigenvalue weighted by molar-refractivity contribution is 8.14. The van der Waals surface area contributed by atoms with Gasteiger partial charge < -0.3 is 5.32 Å². The Labute approximate surface area is 127 Å². The van der Waals surface area contributed by atoms with Gasteiger partial charge in [-0.3, -0.25) is 9.98 Å². The number of amidine groups is 1. The molecule has 0 atom stereocenters. The molecule has 0 aliphatic carbocycles. The minimum atomic E-state index is 0.274. The molecule has 0 unspecified atom stereocenters. The fraction of sp³-hybridized carbons (Fsp3) is 0.333. The molecule has 20 heavy (non-hydrogen) atoms. The molecule has 1 aromatic carbocycles. The highest BCUT2D eigenvalue weighted by atomic mass is 35.5. The van der Waals surface area contributed by atoms with Gasteiger partial charge in [0.2, 0.25) is 0 Å². The first kappa shape index (κ1) is 13.7. The van der Waals surface area contributed by atoms with Gasteiger partial charge in [-0.25, -0.2) is 0 Å². The second-order valence-corrected chi connectivity index (χ2v) is 7.07. The van der Waals surface area contributed by atoms with Gasteiger partial charge in [0, 0.05) is 23.9 Å². The predicted octanol–water partition coefficient (Wildman–Crippen LogP) is 4.43. The van der Waals surface area contributed by atoms with Gasteiger partial charge in [0.25, 0.3) is 0 Å². The summed E-state index contributed by atoms with van der Waals surface area (Å²) in [6.07, 6.45) is 1.78. The molecule has 0 fully saturated rings. The van der Waals surface area contributed by atoms with Crippen molar-refractivity contribution in [1.29, 1.82) is 0 Å². The van der Waals surface area contributed by atoms with Crippen LogP contribution < -0.4 is 5.32 Å². The van der Waals surface area contributed by atoms with Crippen LogP contribution in [0.25, 0.3) is 10.9 Å². The molecule has 0 spiro atoms. The smallest absolute Gasteiger partial charge is 0.161 e. The first-order chi connectivity index (χ1) is 9.55. The number of anilines is 1. The summed E-state index contributed by atoms with van der Waals surface area (Å²) < 4.78 is 0. The summed E-state index contributed by atoms with van der Waals surface area (Å²) in [6.45, 7) is 5.32. The Balaban J connectivity index is 1.93. The van der Waals surface area contributed by atoms with Crippen molar-refractivity contribution in [2.75, 3.05) is 17.6 Å². The van der Waals surface area contributed by atoms with E-state index in [0.29, 0.717) is 0 Å². The summed E-state index contributed by atoms with van der Waals surface area (Å²) in [5.41, 5.74) is 2.11. The molecule has 3 rings (SSSR count). The van der Waals surface area contributed by atoms with Gasteiger partial charge in [-0.2, -0.15) is 0 Å². The Morgan fingerprint density at radius 3 is 2.90 bits per heavy atom. The first-order valence-corrected chi connectivity index (χ1v) is 7.89. The minimum Gasteiger partial charge on any atom is -0.333 e. The van der Waals surface area contributed by atoms with Crippen molar-refractivity contribution in [3.05, 3.63) is 35.5 Å². The number of benzene rings is 1. The van der Waals surface area contributed by atoms with Crippen LogP contribution in [-0.2, 0) is 0 Å². The van der Waals surface area contributed by atoms with E-state index in [1.165, 1.54) is 0 Å². The zero-order valence-corrected chi connectivity index (χ0v) is 13.1. The lowest BCUT2D eigenvalue weighted by Crippen LogP contribution is -2.27. The average molecular weight is 306 g/mol. The molecule has 0 saturated heterocycles. The quantitative estimate of drug-likeness (QED) is 0.847. The fourth-order valence-corrected chi connectivity index (χ4v) is 3.24. The summed E-state index contributed by atoms with van der Waals surface area (Å²) in [7, 11) is 0. The summed E-state index contributed by atoms with van der Waals surface area (Å²) in [4.78, 5) is 9.04. The Kier molecular flexibility index (Phi) is 3.61. The maximum atomic E-state index is 6.21. The van der Waals surface area contributed by atoms with Crippen LogP contribution in [0.5, 0.6) is 0 Å².